The Bertz CT molecular complexity index is 98.6. The molecule has 0 amide bonds. The molecule has 0 radical (unpaired) electrons. The van der Waals surface area contributed by atoms with Gasteiger partial charge in [-0.05, 0) is 0 Å². The van der Waals surface area contributed by atoms with Crippen molar-refractivity contribution in [2.45, 2.75) is 0 Å². The van der Waals surface area contributed by atoms with Gasteiger partial charge in [-0.25, -0.2) is 0 Å². The first-order valence-corrected chi connectivity index (χ1v) is 2.61. The number of rotatable bonds is 0. The smallest absolute Gasteiger partial charge is 0.138 e. The Kier molecular flexibility index (Phi) is 26.3. The second-order valence-corrected chi connectivity index (χ2v) is 1.15. The Labute approximate surface area is 75.3 Å². The molecule has 0 atom stereocenters. The summed E-state index contributed by atoms with van der Waals surface area (Å²) in [7, 11) is 1.72. The molecule has 1 rings (SSSR count). The fraction of sp³-hybridized carbons (Fsp3) is 0. The van der Waals surface area contributed by atoms with E-state index >= 15 is 0 Å². The van der Waals surface area contributed by atoms with Crippen LogP contribution >= 0.6 is 33.9 Å². The minimum Gasteiger partial charge on any atom is -0.279 e. The number of benzene rings is 1. The van der Waals surface area contributed by atoms with Crippen molar-refractivity contribution in [1.29, 1.82) is 0 Å². The van der Waals surface area contributed by atoms with Gasteiger partial charge in [-0.15, -0.1) is 24.8 Å². The molecule has 4 heteroatoms. The van der Waals surface area contributed by atoms with Gasteiger partial charge in [0.2, 0.25) is 0 Å². The minimum absolute atomic E-state index is 0. The second kappa shape index (κ2) is 16.0. The topological polar surface area (TPSA) is 17.1 Å². The van der Waals surface area contributed by atoms with Crippen molar-refractivity contribution in [3.05, 3.63) is 36.4 Å². The second-order valence-electron chi connectivity index (χ2n) is 1.15. The van der Waals surface area contributed by atoms with Crippen LogP contribution in [0.3, 0.4) is 0 Å². The fourth-order valence-corrected chi connectivity index (χ4v) is 0.385. The lowest BCUT2D eigenvalue weighted by atomic mass is 10.4. The van der Waals surface area contributed by atoms with Gasteiger partial charge >= 0.3 is 0 Å². The molecule has 0 saturated heterocycles. The third-order valence-corrected chi connectivity index (χ3v) is 0.667. The van der Waals surface area contributed by atoms with Gasteiger partial charge < -0.3 is 0 Å². The molecule has 0 aliphatic rings. The van der Waals surface area contributed by atoms with Crippen molar-refractivity contribution in [2.75, 3.05) is 0 Å². The highest BCUT2D eigenvalue weighted by molar-refractivity contribution is 7.00. The lowest BCUT2D eigenvalue weighted by Crippen LogP contribution is -1.47. The lowest BCUT2D eigenvalue weighted by Gasteiger charge is -1.69. The molecule has 0 heterocycles. The van der Waals surface area contributed by atoms with E-state index in [-0.39, 0.29) is 24.8 Å². The summed E-state index contributed by atoms with van der Waals surface area (Å²) in [5.41, 5.74) is 0. The molecule has 0 aliphatic carbocycles. The van der Waals surface area contributed by atoms with Crippen LogP contribution in [0, 0.1) is 0 Å². The quantitative estimate of drug-likeness (QED) is 0.587. The van der Waals surface area contributed by atoms with Crippen LogP contribution in [0.4, 0.5) is 0 Å². The Morgan fingerprint density at radius 2 is 0.700 bits per heavy atom. The standard InChI is InChI=1S/C6H6.2ClH.HOP/c1-2-4-6-5-3-1;;;1-2/h1-6H;2*1H;2H. The third-order valence-electron chi connectivity index (χ3n) is 0.667. The predicted octanol–water partition coefficient (Wildman–Crippen LogP) is 3.00. The zero-order chi connectivity index (χ0) is 6.24. The Morgan fingerprint density at radius 1 is 0.600 bits per heavy atom. The van der Waals surface area contributed by atoms with Gasteiger partial charge in [-0.1, -0.05) is 36.4 Å². The van der Waals surface area contributed by atoms with Gasteiger partial charge in [0.05, 0.1) is 0 Å². The molecule has 0 N–H and O–H groups in total. The van der Waals surface area contributed by atoms with Gasteiger partial charge in [0.1, 0.15) is 9.12 Å². The first-order valence-electron chi connectivity index (χ1n) is 2.20. The largest absolute Gasteiger partial charge is 0.279 e. The molecule has 0 saturated carbocycles. The van der Waals surface area contributed by atoms with E-state index in [2.05, 4.69) is 0 Å². The normalized spacial score (nSPS) is 5.20. The van der Waals surface area contributed by atoms with Crippen molar-refractivity contribution < 1.29 is 4.57 Å². The van der Waals surface area contributed by atoms with E-state index < -0.39 is 0 Å². The molecule has 0 unspecified atom stereocenters. The molecular formula is C6H9Cl2OP. The van der Waals surface area contributed by atoms with E-state index in [1.54, 1.807) is 9.12 Å². The molecule has 58 valence electrons. The molecule has 0 bridgehead atoms. The van der Waals surface area contributed by atoms with Gasteiger partial charge in [0.15, 0.2) is 0 Å². The van der Waals surface area contributed by atoms with E-state index in [4.69, 9.17) is 4.57 Å². The van der Waals surface area contributed by atoms with Crippen molar-refractivity contribution in [3.63, 3.8) is 0 Å². The van der Waals surface area contributed by atoms with Gasteiger partial charge in [-0.3, -0.25) is 4.57 Å². The molecule has 0 spiro atoms. The first-order chi connectivity index (χ1) is 4.00. The average molecular weight is 199 g/mol. The SMILES string of the molecule is Cl.Cl.O=P.c1ccccc1. The number of halogens is 2. The van der Waals surface area contributed by atoms with Crippen molar-refractivity contribution in [3.8, 4) is 0 Å². The van der Waals surface area contributed by atoms with E-state index in [9.17, 15) is 0 Å². The number of hydrogen-bond donors (Lipinski definition) is 0. The summed E-state index contributed by atoms with van der Waals surface area (Å²) in [4.78, 5) is 0. The van der Waals surface area contributed by atoms with Crippen LogP contribution in [0.5, 0.6) is 0 Å². The summed E-state index contributed by atoms with van der Waals surface area (Å²) in [5, 5.41) is 0. The highest BCUT2D eigenvalue weighted by Gasteiger charge is 1.57. The Balaban J connectivity index is -0.000000114. The third kappa shape index (κ3) is 10.8. The molecule has 1 aromatic carbocycles. The summed E-state index contributed by atoms with van der Waals surface area (Å²) in [5.74, 6) is 0. The Hall–Kier alpha value is -0.100. The molecule has 10 heavy (non-hydrogen) atoms. The summed E-state index contributed by atoms with van der Waals surface area (Å²) in [6, 6.07) is 12.0. The Morgan fingerprint density at radius 3 is 0.800 bits per heavy atom. The zero-order valence-corrected chi connectivity index (χ0v) is 7.82. The van der Waals surface area contributed by atoms with Crippen LogP contribution in [0.1, 0.15) is 0 Å². The van der Waals surface area contributed by atoms with Gasteiger partial charge in [0, 0.05) is 0 Å². The fourth-order valence-electron chi connectivity index (χ4n) is 0.385. The summed E-state index contributed by atoms with van der Waals surface area (Å²) in [6.07, 6.45) is 0. The summed E-state index contributed by atoms with van der Waals surface area (Å²) < 4.78 is 8.06. The van der Waals surface area contributed by atoms with Crippen LogP contribution < -0.4 is 0 Å². The van der Waals surface area contributed by atoms with Gasteiger partial charge in [-0.2, -0.15) is 0 Å². The maximum atomic E-state index is 8.06. The van der Waals surface area contributed by atoms with E-state index in [0.29, 0.717) is 0 Å². The first kappa shape index (κ1) is 16.5. The van der Waals surface area contributed by atoms with Crippen LogP contribution in [0.2, 0.25) is 0 Å². The van der Waals surface area contributed by atoms with Crippen molar-refractivity contribution in [1.82, 2.24) is 0 Å². The maximum Gasteiger partial charge on any atom is 0.138 e. The zero-order valence-electron chi connectivity index (χ0n) is 5.19. The van der Waals surface area contributed by atoms with E-state index in [1.165, 1.54) is 0 Å². The predicted molar refractivity (Wildman–Crippen MR) is 49.9 cm³/mol. The van der Waals surface area contributed by atoms with Crippen LogP contribution in [-0.2, 0) is 4.57 Å². The van der Waals surface area contributed by atoms with Crippen molar-refractivity contribution >= 4 is 33.9 Å². The van der Waals surface area contributed by atoms with Crippen molar-refractivity contribution in [2.24, 2.45) is 0 Å². The van der Waals surface area contributed by atoms with E-state index in [0.717, 1.165) is 0 Å². The molecule has 0 fully saturated rings. The van der Waals surface area contributed by atoms with E-state index in [1.807, 2.05) is 36.4 Å². The molecule has 1 nitrogen and oxygen atoms in total. The lowest BCUT2D eigenvalue weighted by molar-refractivity contribution is 0.607. The van der Waals surface area contributed by atoms with Gasteiger partial charge in [0.25, 0.3) is 0 Å². The molecule has 0 aromatic heterocycles. The number of hydrogen-bond acceptors (Lipinski definition) is 1. The van der Waals surface area contributed by atoms with Crippen LogP contribution in [-0.4, -0.2) is 0 Å². The molecule has 0 aliphatic heterocycles. The maximum absolute atomic E-state index is 8.06. The average Bonchev–Trinajstić information content (AvgIpc) is 1.96. The summed E-state index contributed by atoms with van der Waals surface area (Å²) >= 11 is 0. The van der Waals surface area contributed by atoms with Crippen LogP contribution in [0.25, 0.3) is 0 Å². The molecule has 1 aromatic rings. The monoisotopic (exact) mass is 198 g/mol. The highest BCUT2D eigenvalue weighted by atomic mass is 35.5. The minimum atomic E-state index is 0. The van der Waals surface area contributed by atoms with Crippen LogP contribution in [0.15, 0.2) is 36.4 Å². The highest BCUT2D eigenvalue weighted by Crippen LogP contribution is 1.79. The summed E-state index contributed by atoms with van der Waals surface area (Å²) in [6.45, 7) is 0. The molecular weight excluding hydrogens is 190 g/mol.